The molecule has 0 bridgehead atoms. The van der Waals surface area contributed by atoms with Gasteiger partial charge in [0.2, 0.25) is 0 Å². The van der Waals surface area contributed by atoms with Crippen LogP contribution < -0.4 is 11.5 Å². The topological polar surface area (TPSA) is 52.0 Å². The van der Waals surface area contributed by atoms with Crippen molar-refractivity contribution in [2.75, 3.05) is 0 Å². The summed E-state index contributed by atoms with van der Waals surface area (Å²) < 4.78 is 0. The van der Waals surface area contributed by atoms with Gasteiger partial charge in [-0.05, 0) is 276 Å². The molecule has 2 unspecified atom stereocenters. The maximum Gasteiger partial charge on any atom is 0.00724 e. The Kier molecular flexibility index (Phi) is 12.6. The molecule has 0 heterocycles. The summed E-state index contributed by atoms with van der Waals surface area (Å²) in [6, 6.07) is 0.999. The first kappa shape index (κ1) is 45.7. The molecule has 0 saturated heterocycles. The molecule has 0 radical (unpaired) electrons. The van der Waals surface area contributed by atoms with E-state index in [1.54, 1.807) is 64.2 Å². The predicted molar refractivity (Wildman–Crippen MR) is 263 cm³/mol. The summed E-state index contributed by atoms with van der Waals surface area (Å²) in [4.78, 5) is 0. The van der Waals surface area contributed by atoms with Crippen LogP contribution in [0.3, 0.4) is 0 Å². The van der Waals surface area contributed by atoms with Gasteiger partial charge in [0.25, 0.3) is 0 Å². The zero-order valence-corrected chi connectivity index (χ0v) is 42.4. The smallest absolute Gasteiger partial charge is 0.00724 e. The molecule has 12 aliphatic carbocycles. The molecule has 0 aromatic heterocycles. The highest BCUT2D eigenvalue weighted by Gasteiger charge is 2.61. The fraction of sp³-hybridized carbons (Fsp3) is 1.00. The van der Waals surface area contributed by atoms with Crippen LogP contribution >= 0.6 is 0 Å². The Hall–Kier alpha value is -0.0800. The molecule has 0 spiro atoms. The van der Waals surface area contributed by atoms with Crippen LogP contribution in [0.2, 0.25) is 0 Å². The molecule has 12 aliphatic rings. The summed E-state index contributed by atoms with van der Waals surface area (Å²) in [6.07, 6.45) is 47.8. The van der Waals surface area contributed by atoms with Crippen LogP contribution in [0.15, 0.2) is 0 Å². The summed E-state index contributed by atoms with van der Waals surface area (Å²) in [6.45, 7) is 18.2. The number of rotatable bonds is 2. The minimum atomic E-state index is 0.492. The van der Waals surface area contributed by atoms with Gasteiger partial charge in [0.05, 0.1) is 0 Å². The standard InChI is InChI=1S/C22H38.2C19H33N/c1-4-6-16-10-14-22(3)17(15-16)8-9-18-19-7-5-12-21(19,2)13-11-20(18)22;1-18-10-3-5-14(18)13-7-8-16-17(20)6-4-11-19(16,2)15(13)9-12-18;1-18-10-3-4-16(18)15-8-6-13-5-7-14(20)12-19(13,2)17(15)9-11-18/h16-20H,4-15H2,1-3H3;2*13-17H,3-12,20H2,1-2H3/t16-,17-,18-,19-,20-,21-,22-;13-,14-,15-,16-,17?,18-,19+;13-,14?,15+,16+,17+,18+,19+/m001/s1. The SMILES string of the molecule is CCC[C@H]1CC[C@@]2(C)[C@@H](CC[C@H]3[C@@H]4CCC[C@@]4(C)CC[C@@H]32)C1.C[C@@]12CCC[C@H]1[C@@H]1CC[C@H]3C(N)CCC[C@]3(C)[C@H]1CC2.C[C@@]12CCC[C@H]1[C@@H]1CC[C@H]3CCC(N)C[C@]3(C)[C@H]1CC2. The van der Waals surface area contributed by atoms with Crippen molar-refractivity contribution in [1.29, 1.82) is 0 Å². The molecule has 0 aliphatic heterocycles. The summed E-state index contributed by atoms with van der Waals surface area (Å²) in [5.74, 6) is 13.5. The van der Waals surface area contributed by atoms with E-state index >= 15 is 0 Å². The van der Waals surface area contributed by atoms with Crippen LogP contribution in [0.25, 0.3) is 0 Å². The van der Waals surface area contributed by atoms with E-state index in [2.05, 4.69) is 48.5 Å². The molecule has 2 heteroatoms. The first-order chi connectivity index (χ1) is 29.6. The summed E-state index contributed by atoms with van der Waals surface area (Å²) in [7, 11) is 0. The van der Waals surface area contributed by atoms with E-state index in [4.69, 9.17) is 11.5 Å². The maximum absolute atomic E-state index is 6.53. The van der Waals surface area contributed by atoms with Crippen molar-refractivity contribution in [2.24, 2.45) is 121 Å². The molecular weight excluding hydrogens is 749 g/mol. The van der Waals surface area contributed by atoms with Crippen LogP contribution in [0.4, 0.5) is 0 Å². The zero-order chi connectivity index (χ0) is 43.3. The van der Waals surface area contributed by atoms with Gasteiger partial charge in [-0.3, -0.25) is 0 Å². The van der Waals surface area contributed by atoms with Crippen molar-refractivity contribution < 1.29 is 0 Å². The lowest BCUT2D eigenvalue weighted by molar-refractivity contribution is -0.111. The molecule has 62 heavy (non-hydrogen) atoms. The highest BCUT2D eigenvalue weighted by molar-refractivity contribution is 5.11. The molecule has 12 saturated carbocycles. The Morgan fingerprint density at radius 3 is 1.44 bits per heavy atom. The van der Waals surface area contributed by atoms with E-state index in [-0.39, 0.29) is 0 Å². The first-order valence-electron chi connectivity index (χ1n) is 29.2. The fourth-order valence-electron chi connectivity index (χ4n) is 22.9. The molecule has 0 aromatic rings. The second kappa shape index (κ2) is 17.2. The molecule has 0 amide bonds. The fourth-order valence-corrected chi connectivity index (χ4v) is 22.9. The lowest BCUT2D eigenvalue weighted by Gasteiger charge is -2.61. The number of nitrogens with two attached hydrogens (primary N) is 2. The second-order valence-corrected chi connectivity index (χ2v) is 28.7. The van der Waals surface area contributed by atoms with Crippen molar-refractivity contribution in [3.63, 3.8) is 0 Å². The van der Waals surface area contributed by atoms with Crippen molar-refractivity contribution in [2.45, 2.75) is 266 Å². The van der Waals surface area contributed by atoms with E-state index in [9.17, 15) is 0 Å². The third-order valence-corrected chi connectivity index (χ3v) is 26.2. The molecule has 354 valence electrons. The average molecular weight is 854 g/mol. The third-order valence-electron chi connectivity index (χ3n) is 26.2. The Morgan fingerprint density at radius 1 is 0.387 bits per heavy atom. The Labute approximate surface area is 385 Å². The normalized spacial score (nSPS) is 57.1. The van der Waals surface area contributed by atoms with E-state index in [0.29, 0.717) is 33.7 Å². The minimum Gasteiger partial charge on any atom is -0.328 e. The van der Waals surface area contributed by atoms with Gasteiger partial charge in [-0.15, -0.1) is 0 Å². The quantitative estimate of drug-likeness (QED) is 0.291. The molecular formula is C60H104N2. The van der Waals surface area contributed by atoms with Gasteiger partial charge in [-0.1, -0.05) is 87.0 Å². The Balaban J connectivity index is 0.000000111. The Morgan fingerprint density at radius 2 is 0.871 bits per heavy atom. The first-order valence-corrected chi connectivity index (χ1v) is 29.2. The molecule has 21 atom stereocenters. The number of hydrogen-bond donors (Lipinski definition) is 2. The van der Waals surface area contributed by atoms with E-state index < -0.39 is 0 Å². The van der Waals surface area contributed by atoms with Crippen molar-refractivity contribution >= 4 is 0 Å². The van der Waals surface area contributed by atoms with Crippen LogP contribution in [0, 0.1) is 109 Å². The van der Waals surface area contributed by atoms with Crippen LogP contribution in [-0.2, 0) is 0 Å². The molecule has 12 fully saturated rings. The molecule has 0 aromatic carbocycles. The molecule has 2 nitrogen and oxygen atoms in total. The molecule has 12 rings (SSSR count). The van der Waals surface area contributed by atoms with E-state index in [0.717, 1.165) is 87.8 Å². The van der Waals surface area contributed by atoms with Crippen LogP contribution in [-0.4, -0.2) is 12.1 Å². The maximum atomic E-state index is 6.53. The lowest BCUT2D eigenvalue weighted by atomic mass is 9.44. The van der Waals surface area contributed by atoms with Gasteiger partial charge in [-0.2, -0.15) is 0 Å². The molecule has 4 N–H and O–H groups in total. The lowest BCUT2D eigenvalue weighted by Crippen LogP contribution is -2.56. The van der Waals surface area contributed by atoms with Crippen molar-refractivity contribution in [3.05, 3.63) is 0 Å². The Bertz CT molecular complexity index is 1520. The van der Waals surface area contributed by atoms with Crippen molar-refractivity contribution in [1.82, 2.24) is 0 Å². The van der Waals surface area contributed by atoms with Crippen molar-refractivity contribution in [3.8, 4) is 0 Å². The summed E-state index contributed by atoms with van der Waals surface area (Å²) in [5.41, 5.74) is 17.0. The number of fused-ring (bicyclic) bond motifs is 15. The van der Waals surface area contributed by atoms with Crippen LogP contribution in [0.5, 0.6) is 0 Å². The van der Waals surface area contributed by atoms with Gasteiger partial charge in [0.15, 0.2) is 0 Å². The second-order valence-electron chi connectivity index (χ2n) is 28.7. The number of hydrogen-bond acceptors (Lipinski definition) is 2. The van der Waals surface area contributed by atoms with Gasteiger partial charge in [-0.25, -0.2) is 0 Å². The van der Waals surface area contributed by atoms with E-state index in [1.165, 1.54) is 141 Å². The van der Waals surface area contributed by atoms with Gasteiger partial charge in [0.1, 0.15) is 0 Å². The summed E-state index contributed by atoms with van der Waals surface area (Å²) >= 11 is 0. The largest absolute Gasteiger partial charge is 0.328 e. The van der Waals surface area contributed by atoms with Gasteiger partial charge >= 0.3 is 0 Å². The minimum absolute atomic E-state index is 0.492. The third kappa shape index (κ3) is 7.56. The average Bonchev–Trinajstić information content (AvgIpc) is 3.97. The summed E-state index contributed by atoms with van der Waals surface area (Å²) in [5, 5.41) is 0. The highest BCUT2D eigenvalue weighted by Crippen LogP contribution is 2.69. The highest BCUT2D eigenvalue weighted by atomic mass is 14.7. The van der Waals surface area contributed by atoms with Crippen LogP contribution in [0.1, 0.15) is 254 Å². The van der Waals surface area contributed by atoms with Gasteiger partial charge in [0, 0.05) is 12.1 Å². The van der Waals surface area contributed by atoms with E-state index in [1.807, 2.05) is 0 Å². The monoisotopic (exact) mass is 853 g/mol. The zero-order valence-electron chi connectivity index (χ0n) is 42.4. The van der Waals surface area contributed by atoms with Gasteiger partial charge < -0.3 is 11.5 Å². The predicted octanol–water partition coefficient (Wildman–Crippen LogP) is 16.3.